The molecule has 0 radical (unpaired) electrons. The molecule has 1 aromatic carbocycles. The van der Waals surface area contributed by atoms with E-state index in [2.05, 4.69) is 4.98 Å². The zero-order chi connectivity index (χ0) is 11.5. The first-order chi connectivity index (χ1) is 7.70. The summed E-state index contributed by atoms with van der Waals surface area (Å²) in [5, 5.41) is 9.26. The Morgan fingerprint density at radius 2 is 2.06 bits per heavy atom. The van der Waals surface area contributed by atoms with E-state index in [0.29, 0.717) is 16.3 Å². The van der Waals surface area contributed by atoms with Gasteiger partial charge in [-0.05, 0) is 30.3 Å². The Morgan fingerprint density at radius 3 is 2.75 bits per heavy atom. The van der Waals surface area contributed by atoms with Crippen LogP contribution >= 0.6 is 11.6 Å². The number of pyridine rings is 1. The van der Waals surface area contributed by atoms with Gasteiger partial charge in [0, 0.05) is 16.8 Å². The molecule has 2 nitrogen and oxygen atoms in total. The van der Waals surface area contributed by atoms with Gasteiger partial charge >= 0.3 is 0 Å². The minimum absolute atomic E-state index is 0.000671. The molecule has 0 aliphatic carbocycles. The minimum Gasteiger partial charge on any atom is -0.256 e. The van der Waals surface area contributed by atoms with Gasteiger partial charge in [0.25, 0.3) is 0 Å². The molecule has 0 amide bonds. The zero-order valence-electron chi connectivity index (χ0n) is 8.11. The van der Waals surface area contributed by atoms with Crippen LogP contribution in [0.5, 0.6) is 0 Å². The third kappa shape index (κ3) is 2.02. The maximum atomic E-state index is 13.1. The summed E-state index contributed by atoms with van der Waals surface area (Å²) in [6.07, 6.45) is 1.56. The number of hydrogen-bond acceptors (Lipinski definition) is 2. The molecule has 0 saturated heterocycles. The summed E-state index contributed by atoms with van der Waals surface area (Å²) in [4.78, 5) is 4.10. The molecular formula is C12H6ClFN2. The van der Waals surface area contributed by atoms with Crippen LogP contribution < -0.4 is 0 Å². The molecule has 0 aliphatic heterocycles. The molecule has 0 atom stereocenters. The van der Waals surface area contributed by atoms with E-state index >= 15 is 0 Å². The van der Waals surface area contributed by atoms with Crippen LogP contribution in [0.1, 0.15) is 5.56 Å². The molecule has 1 aromatic heterocycles. The van der Waals surface area contributed by atoms with Crippen molar-refractivity contribution in [2.75, 3.05) is 0 Å². The van der Waals surface area contributed by atoms with E-state index in [1.807, 2.05) is 0 Å². The standard InChI is InChI=1S/C12H6ClFN2/c13-10-3-4-16-12(6-10)8-1-2-11(14)9(5-8)7-15/h1-6H. The van der Waals surface area contributed by atoms with Gasteiger partial charge < -0.3 is 0 Å². The highest BCUT2D eigenvalue weighted by atomic mass is 35.5. The first-order valence-electron chi connectivity index (χ1n) is 4.52. The van der Waals surface area contributed by atoms with Crippen LogP contribution in [0.3, 0.4) is 0 Å². The van der Waals surface area contributed by atoms with Gasteiger partial charge in [-0.3, -0.25) is 4.98 Å². The van der Waals surface area contributed by atoms with E-state index in [1.165, 1.54) is 12.1 Å². The Kier molecular flexibility index (Phi) is 2.84. The number of benzene rings is 1. The fourth-order valence-electron chi connectivity index (χ4n) is 1.33. The molecule has 78 valence electrons. The highest BCUT2D eigenvalue weighted by Gasteiger charge is 2.05. The molecule has 16 heavy (non-hydrogen) atoms. The lowest BCUT2D eigenvalue weighted by Crippen LogP contribution is -1.87. The fourth-order valence-corrected chi connectivity index (χ4v) is 1.49. The molecule has 4 heteroatoms. The smallest absolute Gasteiger partial charge is 0.140 e. The third-order valence-corrected chi connectivity index (χ3v) is 2.34. The Bertz CT molecular complexity index is 575. The second kappa shape index (κ2) is 4.30. The molecule has 0 bridgehead atoms. The maximum absolute atomic E-state index is 13.1. The number of hydrogen-bond donors (Lipinski definition) is 0. The van der Waals surface area contributed by atoms with E-state index in [4.69, 9.17) is 16.9 Å². The minimum atomic E-state index is -0.534. The quantitative estimate of drug-likeness (QED) is 0.756. The van der Waals surface area contributed by atoms with Crippen molar-refractivity contribution >= 4 is 11.6 Å². The van der Waals surface area contributed by atoms with Crippen LogP contribution in [0.2, 0.25) is 5.02 Å². The fraction of sp³-hybridized carbons (Fsp3) is 0. The second-order valence-corrected chi connectivity index (χ2v) is 3.60. The van der Waals surface area contributed by atoms with Gasteiger partial charge in [-0.2, -0.15) is 5.26 Å². The predicted octanol–water partition coefficient (Wildman–Crippen LogP) is 3.41. The van der Waals surface area contributed by atoms with Crippen molar-refractivity contribution in [3.05, 3.63) is 52.9 Å². The lowest BCUT2D eigenvalue weighted by atomic mass is 10.1. The SMILES string of the molecule is N#Cc1cc(-c2cc(Cl)ccn2)ccc1F. The summed E-state index contributed by atoms with van der Waals surface area (Å²) < 4.78 is 13.1. The highest BCUT2D eigenvalue weighted by Crippen LogP contribution is 2.22. The summed E-state index contributed by atoms with van der Waals surface area (Å²) in [5.41, 5.74) is 1.28. The predicted molar refractivity (Wildman–Crippen MR) is 59.4 cm³/mol. The van der Waals surface area contributed by atoms with Gasteiger partial charge in [0.15, 0.2) is 0 Å². The molecule has 0 N–H and O–H groups in total. The van der Waals surface area contributed by atoms with E-state index in [1.54, 1.807) is 30.5 Å². The van der Waals surface area contributed by atoms with Gasteiger partial charge in [-0.15, -0.1) is 0 Å². The van der Waals surface area contributed by atoms with Crippen LogP contribution in [0.4, 0.5) is 4.39 Å². The van der Waals surface area contributed by atoms with Crippen molar-refractivity contribution in [2.24, 2.45) is 0 Å². The lowest BCUT2D eigenvalue weighted by molar-refractivity contribution is 0.624. The Morgan fingerprint density at radius 1 is 1.25 bits per heavy atom. The van der Waals surface area contributed by atoms with E-state index in [-0.39, 0.29) is 5.56 Å². The van der Waals surface area contributed by atoms with Crippen LogP contribution in [-0.2, 0) is 0 Å². The molecule has 0 aliphatic rings. The van der Waals surface area contributed by atoms with Gasteiger partial charge in [0.05, 0.1) is 11.3 Å². The van der Waals surface area contributed by atoms with Gasteiger partial charge in [0.2, 0.25) is 0 Å². The molecule has 0 spiro atoms. The number of nitriles is 1. The molecule has 2 aromatic rings. The second-order valence-electron chi connectivity index (χ2n) is 3.17. The van der Waals surface area contributed by atoms with Crippen molar-refractivity contribution in [1.29, 1.82) is 5.26 Å². The zero-order valence-corrected chi connectivity index (χ0v) is 8.87. The number of aromatic nitrogens is 1. The van der Waals surface area contributed by atoms with E-state index in [9.17, 15) is 4.39 Å². The van der Waals surface area contributed by atoms with Crippen molar-refractivity contribution in [2.45, 2.75) is 0 Å². The normalized spacial score (nSPS) is 9.81. The Labute approximate surface area is 96.9 Å². The molecule has 2 rings (SSSR count). The van der Waals surface area contributed by atoms with Gasteiger partial charge in [0.1, 0.15) is 11.9 Å². The summed E-state index contributed by atoms with van der Waals surface area (Å²) in [6.45, 7) is 0. The van der Waals surface area contributed by atoms with Crippen LogP contribution in [0, 0.1) is 17.1 Å². The first-order valence-corrected chi connectivity index (χ1v) is 4.90. The molecule has 0 fully saturated rings. The van der Waals surface area contributed by atoms with Crippen molar-refractivity contribution in [3.63, 3.8) is 0 Å². The number of nitrogens with zero attached hydrogens (tertiary/aromatic N) is 2. The Hall–Kier alpha value is -1.92. The van der Waals surface area contributed by atoms with E-state index < -0.39 is 5.82 Å². The Balaban J connectivity index is 2.54. The topological polar surface area (TPSA) is 36.7 Å². The van der Waals surface area contributed by atoms with Crippen LogP contribution in [-0.4, -0.2) is 4.98 Å². The van der Waals surface area contributed by atoms with Gasteiger partial charge in [-0.1, -0.05) is 11.6 Å². The monoisotopic (exact) mass is 232 g/mol. The van der Waals surface area contributed by atoms with Crippen molar-refractivity contribution < 1.29 is 4.39 Å². The van der Waals surface area contributed by atoms with Crippen molar-refractivity contribution in [3.8, 4) is 17.3 Å². The molecular weight excluding hydrogens is 227 g/mol. The number of halogens is 2. The summed E-state index contributed by atoms with van der Waals surface area (Å²) >= 11 is 5.82. The maximum Gasteiger partial charge on any atom is 0.140 e. The first kappa shape index (κ1) is 10.6. The summed E-state index contributed by atoms with van der Waals surface area (Å²) in [5.74, 6) is -0.534. The molecule has 0 unspecified atom stereocenters. The molecule has 0 saturated carbocycles. The highest BCUT2D eigenvalue weighted by molar-refractivity contribution is 6.30. The van der Waals surface area contributed by atoms with E-state index in [0.717, 1.165) is 0 Å². The average Bonchev–Trinajstić information content (AvgIpc) is 2.29. The average molecular weight is 233 g/mol. The lowest BCUT2D eigenvalue weighted by Gasteiger charge is -2.02. The van der Waals surface area contributed by atoms with Crippen molar-refractivity contribution in [1.82, 2.24) is 4.98 Å². The van der Waals surface area contributed by atoms with Crippen LogP contribution in [0.15, 0.2) is 36.5 Å². The molecule has 1 heterocycles. The van der Waals surface area contributed by atoms with Crippen LogP contribution in [0.25, 0.3) is 11.3 Å². The largest absolute Gasteiger partial charge is 0.256 e. The number of rotatable bonds is 1. The van der Waals surface area contributed by atoms with Gasteiger partial charge in [-0.25, -0.2) is 4.39 Å². The summed E-state index contributed by atoms with van der Waals surface area (Å²) in [7, 11) is 0. The summed E-state index contributed by atoms with van der Waals surface area (Å²) in [6, 6.07) is 9.36. The third-order valence-electron chi connectivity index (χ3n) is 2.10.